The van der Waals surface area contributed by atoms with Crippen molar-refractivity contribution in [1.82, 2.24) is 0 Å². The summed E-state index contributed by atoms with van der Waals surface area (Å²) in [6.45, 7) is 0. The van der Waals surface area contributed by atoms with E-state index < -0.39 is 41.6 Å². The van der Waals surface area contributed by atoms with Crippen molar-refractivity contribution in [3.05, 3.63) is 23.8 Å². The largest absolute Gasteiger partial charge is 0.478 e. The first-order chi connectivity index (χ1) is 7.51. The first-order valence-electron chi connectivity index (χ1n) is 3.85. The SMILES string of the molecule is Cl.Cl.Cl.O=C(O)c1cc(S(=O)(=O)O)cc(S(=O)(=O)O)c1. The third-order valence-corrected chi connectivity index (χ3v) is 3.39. The molecule has 0 aliphatic rings. The minimum Gasteiger partial charge on any atom is -0.478 e. The molecular formula is C7H9Cl3O8S2. The molecule has 8 nitrogen and oxygen atoms in total. The van der Waals surface area contributed by atoms with E-state index in [2.05, 4.69) is 0 Å². The average Bonchev–Trinajstić information content (AvgIpc) is 2.14. The van der Waals surface area contributed by atoms with E-state index >= 15 is 0 Å². The Balaban J connectivity index is -0.000000963. The summed E-state index contributed by atoms with van der Waals surface area (Å²) in [5.41, 5.74) is -0.701. The highest BCUT2D eigenvalue weighted by Crippen LogP contribution is 2.18. The lowest BCUT2D eigenvalue weighted by Crippen LogP contribution is -2.07. The van der Waals surface area contributed by atoms with Gasteiger partial charge in [0.25, 0.3) is 20.2 Å². The van der Waals surface area contributed by atoms with Crippen LogP contribution < -0.4 is 0 Å². The Morgan fingerprint density at radius 3 is 1.30 bits per heavy atom. The minimum absolute atomic E-state index is 0. The molecule has 0 fully saturated rings. The normalized spacial score (nSPS) is 10.5. The number of halogens is 3. The Labute approximate surface area is 132 Å². The zero-order valence-electron chi connectivity index (χ0n) is 9.16. The molecule has 0 aliphatic carbocycles. The lowest BCUT2D eigenvalue weighted by molar-refractivity contribution is 0.0696. The molecule has 3 N–H and O–H groups in total. The molecule has 0 bridgehead atoms. The van der Waals surface area contributed by atoms with Gasteiger partial charge in [-0.3, -0.25) is 9.11 Å². The summed E-state index contributed by atoms with van der Waals surface area (Å²) in [5, 5.41) is 8.61. The van der Waals surface area contributed by atoms with Gasteiger partial charge >= 0.3 is 5.97 Å². The van der Waals surface area contributed by atoms with Crippen LogP contribution in [0.1, 0.15) is 10.4 Å². The summed E-state index contributed by atoms with van der Waals surface area (Å²) >= 11 is 0. The fourth-order valence-corrected chi connectivity index (χ4v) is 2.17. The number of carboxylic acid groups (broad SMARTS) is 1. The number of aromatic carboxylic acids is 1. The van der Waals surface area contributed by atoms with Crippen LogP contribution in [0.4, 0.5) is 0 Å². The lowest BCUT2D eigenvalue weighted by atomic mass is 10.2. The molecular weight excluding hydrogens is 383 g/mol. The number of carboxylic acids is 1. The van der Waals surface area contributed by atoms with Gasteiger partial charge < -0.3 is 5.11 Å². The molecule has 0 saturated carbocycles. The molecule has 0 unspecified atom stereocenters. The Hall–Kier alpha value is -0.620. The number of hydrogen-bond acceptors (Lipinski definition) is 5. The molecule has 0 aromatic heterocycles. The van der Waals surface area contributed by atoms with Gasteiger partial charge in [-0.25, -0.2) is 4.79 Å². The summed E-state index contributed by atoms with van der Waals surface area (Å²) < 4.78 is 60.5. The van der Waals surface area contributed by atoms with E-state index in [4.69, 9.17) is 14.2 Å². The van der Waals surface area contributed by atoms with Gasteiger partial charge in [0.05, 0.1) is 15.4 Å². The van der Waals surface area contributed by atoms with Crippen LogP contribution in [0.15, 0.2) is 28.0 Å². The van der Waals surface area contributed by atoms with Gasteiger partial charge in [-0.05, 0) is 18.2 Å². The molecule has 0 radical (unpaired) electrons. The van der Waals surface area contributed by atoms with E-state index in [0.717, 1.165) is 0 Å². The van der Waals surface area contributed by atoms with Crippen molar-refractivity contribution >= 4 is 63.4 Å². The quantitative estimate of drug-likeness (QED) is 0.650. The second-order valence-electron chi connectivity index (χ2n) is 2.95. The van der Waals surface area contributed by atoms with Gasteiger partial charge in [-0.2, -0.15) is 16.8 Å². The zero-order valence-corrected chi connectivity index (χ0v) is 13.2. The maximum atomic E-state index is 10.8. The van der Waals surface area contributed by atoms with Crippen molar-refractivity contribution in [2.24, 2.45) is 0 Å². The van der Waals surface area contributed by atoms with Crippen LogP contribution in [-0.2, 0) is 20.2 Å². The van der Waals surface area contributed by atoms with E-state index in [1.165, 1.54) is 0 Å². The highest BCUT2D eigenvalue weighted by Gasteiger charge is 2.20. The zero-order chi connectivity index (χ0) is 13.4. The first-order valence-corrected chi connectivity index (χ1v) is 6.73. The third kappa shape index (κ3) is 6.22. The van der Waals surface area contributed by atoms with E-state index in [0.29, 0.717) is 18.2 Å². The Morgan fingerprint density at radius 1 is 0.800 bits per heavy atom. The van der Waals surface area contributed by atoms with Gasteiger partial charge in [0.15, 0.2) is 0 Å². The van der Waals surface area contributed by atoms with Crippen LogP contribution in [0.25, 0.3) is 0 Å². The van der Waals surface area contributed by atoms with E-state index in [-0.39, 0.29) is 37.2 Å². The van der Waals surface area contributed by atoms with Gasteiger partial charge in [0, 0.05) is 0 Å². The monoisotopic (exact) mass is 390 g/mol. The standard InChI is InChI=1S/C7H6O8S2.3ClH/c8-7(9)4-1-5(16(10,11)12)3-6(2-4)17(13,14)15;;;/h1-3H,(H,8,9)(H,10,11,12)(H,13,14,15);3*1H. The van der Waals surface area contributed by atoms with E-state index in [1.807, 2.05) is 0 Å². The van der Waals surface area contributed by atoms with Crippen LogP contribution in [0.5, 0.6) is 0 Å². The molecule has 0 amide bonds. The van der Waals surface area contributed by atoms with Crippen LogP contribution >= 0.6 is 37.2 Å². The summed E-state index contributed by atoms with van der Waals surface area (Å²) in [7, 11) is -9.56. The highest BCUT2D eigenvalue weighted by atomic mass is 35.5. The van der Waals surface area contributed by atoms with Crippen LogP contribution in [0.2, 0.25) is 0 Å². The van der Waals surface area contributed by atoms with Gasteiger partial charge in [0.1, 0.15) is 0 Å². The fourth-order valence-electron chi connectivity index (χ4n) is 0.993. The van der Waals surface area contributed by atoms with E-state index in [1.54, 1.807) is 0 Å². The molecule has 1 aromatic rings. The molecule has 118 valence electrons. The average molecular weight is 392 g/mol. The maximum absolute atomic E-state index is 10.8. The molecule has 0 heterocycles. The predicted octanol–water partition coefficient (Wildman–Crippen LogP) is 1.14. The Bertz CT molecular complexity index is 632. The van der Waals surface area contributed by atoms with Crippen molar-refractivity contribution in [2.45, 2.75) is 9.79 Å². The van der Waals surface area contributed by atoms with Crippen LogP contribution in [-0.4, -0.2) is 37.0 Å². The molecule has 20 heavy (non-hydrogen) atoms. The number of benzene rings is 1. The van der Waals surface area contributed by atoms with Gasteiger partial charge in [0.2, 0.25) is 0 Å². The second-order valence-corrected chi connectivity index (χ2v) is 5.79. The summed E-state index contributed by atoms with van der Waals surface area (Å²) in [6.07, 6.45) is 0. The number of carbonyl (C=O) groups is 1. The Morgan fingerprint density at radius 2 is 1.10 bits per heavy atom. The molecule has 0 spiro atoms. The molecule has 0 saturated heterocycles. The minimum atomic E-state index is -4.78. The molecule has 0 atom stereocenters. The second kappa shape index (κ2) is 7.98. The summed E-state index contributed by atoms with van der Waals surface area (Å²) in [6, 6.07) is 1.57. The van der Waals surface area contributed by atoms with Crippen molar-refractivity contribution in [1.29, 1.82) is 0 Å². The smallest absolute Gasteiger partial charge is 0.335 e. The number of rotatable bonds is 3. The lowest BCUT2D eigenvalue weighted by Gasteiger charge is -2.03. The molecule has 13 heteroatoms. The fraction of sp³-hybridized carbons (Fsp3) is 0. The Kier molecular flexibility index (Phi) is 9.73. The summed E-state index contributed by atoms with van der Waals surface area (Å²) in [5.74, 6) is -1.61. The van der Waals surface area contributed by atoms with Crippen molar-refractivity contribution in [3.63, 3.8) is 0 Å². The maximum Gasteiger partial charge on any atom is 0.335 e. The van der Waals surface area contributed by atoms with Gasteiger partial charge in [-0.1, -0.05) is 0 Å². The molecule has 0 aliphatic heterocycles. The van der Waals surface area contributed by atoms with E-state index in [9.17, 15) is 21.6 Å². The highest BCUT2D eigenvalue weighted by molar-refractivity contribution is 7.86. The summed E-state index contributed by atoms with van der Waals surface area (Å²) in [4.78, 5) is 8.73. The molecule has 1 rings (SSSR count). The first kappa shape index (κ1) is 24.4. The third-order valence-electron chi connectivity index (χ3n) is 1.72. The van der Waals surface area contributed by atoms with Crippen LogP contribution in [0, 0.1) is 0 Å². The van der Waals surface area contributed by atoms with Gasteiger partial charge in [-0.15, -0.1) is 37.2 Å². The molecule has 1 aromatic carbocycles. The van der Waals surface area contributed by atoms with Crippen molar-refractivity contribution in [2.75, 3.05) is 0 Å². The van der Waals surface area contributed by atoms with Crippen molar-refractivity contribution < 1.29 is 35.8 Å². The topological polar surface area (TPSA) is 146 Å². The number of hydrogen-bond donors (Lipinski definition) is 3. The van der Waals surface area contributed by atoms with Crippen LogP contribution in [0.3, 0.4) is 0 Å². The predicted molar refractivity (Wildman–Crippen MR) is 74.8 cm³/mol. The van der Waals surface area contributed by atoms with Crippen molar-refractivity contribution in [3.8, 4) is 0 Å².